The van der Waals surface area contributed by atoms with Crippen LogP contribution in [0.4, 0.5) is 0 Å². The number of benzene rings is 7. The van der Waals surface area contributed by atoms with Gasteiger partial charge in [-0.15, -0.1) is 11.3 Å². The molecule has 0 spiro atoms. The van der Waals surface area contributed by atoms with Crippen molar-refractivity contribution in [3.8, 4) is 27.9 Å². The van der Waals surface area contributed by atoms with Crippen LogP contribution in [-0.2, 0) is 0 Å². The van der Waals surface area contributed by atoms with E-state index < -0.39 is 0 Å². The molecule has 0 amide bonds. The first-order chi connectivity index (χ1) is 22.2. The Balaban J connectivity index is 1.51. The zero-order chi connectivity index (χ0) is 30.1. The summed E-state index contributed by atoms with van der Waals surface area (Å²) in [5.41, 5.74) is 8.61. The van der Waals surface area contributed by atoms with Gasteiger partial charge in [0.1, 0.15) is 21.5 Å². The molecular formula is C40H28B2N2S. The normalized spacial score (nSPS) is 11.9. The van der Waals surface area contributed by atoms with Crippen LogP contribution in [0.5, 0.6) is 0 Å². The standard InChI is InChI=1S/C40H28B2N2S/c41-39(42)40-43-32-17-7-8-18-33(32)44(40)38-27-14-5-4-13-26(27)36(31-23-25(21-22-28(31)38)24-11-2-1-3-12-24)30-16-10-20-35-37(30)29-15-6-9-19-34(29)45-35/h1-23,39H,41-42H2. The lowest BCUT2D eigenvalue weighted by atomic mass is 9.70. The van der Waals surface area contributed by atoms with Gasteiger partial charge < -0.3 is 0 Å². The van der Waals surface area contributed by atoms with E-state index >= 15 is 0 Å². The first-order valence-electron chi connectivity index (χ1n) is 15.6. The summed E-state index contributed by atoms with van der Waals surface area (Å²) in [5, 5.41) is 7.61. The van der Waals surface area contributed by atoms with Gasteiger partial charge in [-0.3, -0.25) is 4.57 Å². The number of imidazole rings is 1. The summed E-state index contributed by atoms with van der Waals surface area (Å²) in [6, 6.07) is 50.9. The molecule has 2 heterocycles. The molecule has 7 aromatic carbocycles. The van der Waals surface area contributed by atoms with Crippen molar-refractivity contribution in [1.82, 2.24) is 9.55 Å². The third kappa shape index (κ3) is 4.01. The lowest BCUT2D eigenvalue weighted by Gasteiger charge is -2.22. The van der Waals surface area contributed by atoms with Crippen LogP contribution in [-0.4, -0.2) is 25.2 Å². The molecule has 2 nitrogen and oxygen atoms in total. The van der Waals surface area contributed by atoms with Crippen LogP contribution in [0, 0.1) is 0 Å². The van der Waals surface area contributed by atoms with Gasteiger partial charge in [0.15, 0.2) is 0 Å². The zero-order valence-corrected chi connectivity index (χ0v) is 26.0. The molecule has 0 radical (unpaired) electrons. The lowest BCUT2D eigenvalue weighted by molar-refractivity contribution is 0.979. The highest BCUT2D eigenvalue weighted by molar-refractivity contribution is 7.25. The maximum absolute atomic E-state index is 5.18. The Hall–Kier alpha value is -5.12. The van der Waals surface area contributed by atoms with Gasteiger partial charge in [0.2, 0.25) is 0 Å². The van der Waals surface area contributed by atoms with Gasteiger partial charge in [-0.1, -0.05) is 109 Å². The average Bonchev–Trinajstić information content (AvgIpc) is 3.66. The Labute approximate surface area is 267 Å². The van der Waals surface area contributed by atoms with Crippen molar-refractivity contribution in [1.29, 1.82) is 0 Å². The second-order valence-corrected chi connectivity index (χ2v) is 13.2. The van der Waals surface area contributed by atoms with E-state index in [1.54, 1.807) is 0 Å². The minimum absolute atomic E-state index is 0.250. The molecule has 9 aromatic rings. The van der Waals surface area contributed by atoms with Gasteiger partial charge in [-0.05, 0) is 69.1 Å². The van der Waals surface area contributed by atoms with Crippen LogP contribution in [0.25, 0.3) is 80.7 Å². The van der Waals surface area contributed by atoms with Gasteiger partial charge in [-0.2, -0.15) is 0 Å². The quantitative estimate of drug-likeness (QED) is 0.148. The summed E-state index contributed by atoms with van der Waals surface area (Å²) in [5.74, 6) is 1.08. The Bertz CT molecular complexity index is 2580. The number of para-hydroxylation sites is 2. The Morgan fingerprint density at radius 3 is 2.09 bits per heavy atom. The minimum Gasteiger partial charge on any atom is -0.296 e. The van der Waals surface area contributed by atoms with Gasteiger partial charge in [0.05, 0.1) is 16.7 Å². The molecule has 210 valence electrons. The van der Waals surface area contributed by atoms with Gasteiger partial charge >= 0.3 is 0 Å². The summed E-state index contributed by atoms with van der Waals surface area (Å²) in [6.45, 7) is 0. The lowest BCUT2D eigenvalue weighted by Crippen LogP contribution is -2.09. The summed E-state index contributed by atoms with van der Waals surface area (Å²) in [7, 11) is 4.48. The molecule has 9 rings (SSSR count). The molecule has 0 saturated heterocycles. The van der Waals surface area contributed by atoms with Crippen LogP contribution >= 0.6 is 11.3 Å². The molecule has 0 aliphatic carbocycles. The fourth-order valence-corrected chi connectivity index (χ4v) is 8.28. The Kier molecular flexibility index (Phi) is 5.97. The molecule has 0 unspecified atom stereocenters. The fraction of sp³-hybridized carbons (Fsp3) is 0.0250. The molecule has 0 N–H and O–H groups in total. The largest absolute Gasteiger partial charge is 0.296 e. The zero-order valence-electron chi connectivity index (χ0n) is 25.2. The topological polar surface area (TPSA) is 17.8 Å². The third-order valence-electron chi connectivity index (χ3n) is 9.10. The number of thiophene rings is 1. The molecule has 0 aliphatic heterocycles. The molecule has 2 aromatic heterocycles. The fourth-order valence-electron chi connectivity index (χ4n) is 7.15. The van der Waals surface area contributed by atoms with Gasteiger partial charge in [-0.25, -0.2) is 4.98 Å². The monoisotopic (exact) mass is 590 g/mol. The van der Waals surface area contributed by atoms with E-state index in [4.69, 9.17) is 4.98 Å². The van der Waals surface area contributed by atoms with Crippen molar-refractivity contribution in [3.05, 3.63) is 145 Å². The average molecular weight is 590 g/mol. The summed E-state index contributed by atoms with van der Waals surface area (Å²) < 4.78 is 5.07. The van der Waals surface area contributed by atoms with Crippen molar-refractivity contribution >= 4 is 79.8 Å². The van der Waals surface area contributed by atoms with E-state index in [1.165, 1.54) is 69.7 Å². The third-order valence-corrected chi connectivity index (χ3v) is 10.2. The SMILES string of the molecule is BC(B)c1nc2ccccc2n1-c1c2ccccc2c(-c2cccc3sc4ccccc4c23)c2cc(-c3ccccc3)ccc12. The molecule has 0 bridgehead atoms. The van der Waals surface area contributed by atoms with Crippen LogP contribution < -0.4 is 0 Å². The first kappa shape index (κ1) is 26.3. The van der Waals surface area contributed by atoms with Crippen molar-refractivity contribution in [2.24, 2.45) is 0 Å². The van der Waals surface area contributed by atoms with Crippen LogP contribution in [0.15, 0.2) is 140 Å². The molecule has 5 heteroatoms. The Morgan fingerprint density at radius 1 is 0.556 bits per heavy atom. The van der Waals surface area contributed by atoms with E-state index in [1.807, 2.05) is 11.3 Å². The molecule has 0 fully saturated rings. The highest BCUT2D eigenvalue weighted by Crippen LogP contribution is 2.48. The molecule has 0 atom stereocenters. The van der Waals surface area contributed by atoms with Crippen molar-refractivity contribution in [2.45, 2.75) is 5.72 Å². The number of hydrogen-bond acceptors (Lipinski definition) is 2. The maximum atomic E-state index is 5.18. The summed E-state index contributed by atoms with van der Waals surface area (Å²) in [6.07, 6.45) is 0. The van der Waals surface area contributed by atoms with E-state index in [0.717, 1.165) is 16.9 Å². The maximum Gasteiger partial charge on any atom is 0.105 e. The summed E-state index contributed by atoms with van der Waals surface area (Å²) in [4.78, 5) is 5.18. The second kappa shape index (κ2) is 10.2. The summed E-state index contributed by atoms with van der Waals surface area (Å²) >= 11 is 1.88. The van der Waals surface area contributed by atoms with Crippen molar-refractivity contribution < 1.29 is 0 Å². The number of aromatic nitrogens is 2. The first-order valence-corrected chi connectivity index (χ1v) is 16.4. The van der Waals surface area contributed by atoms with Crippen molar-refractivity contribution in [3.63, 3.8) is 0 Å². The molecule has 45 heavy (non-hydrogen) atoms. The highest BCUT2D eigenvalue weighted by atomic mass is 32.1. The minimum atomic E-state index is 0.250. The van der Waals surface area contributed by atoms with E-state index in [0.29, 0.717) is 0 Å². The number of nitrogens with zero attached hydrogens (tertiary/aromatic N) is 2. The van der Waals surface area contributed by atoms with Crippen LogP contribution in [0.1, 0.15) is 11.5 Å². The number of rotatable bonds is 4. The van der Waals surface area contributed by atoms with E-state index in [-0.39, 0.29) is 5.72 Å². The van der Waals surface area contributed by atoms with Crippen LogP contribution in [0.2, 0.25) is 0 Å². The van der Waals surface area contributed by atoms with Gasteiger partial charge in [0, 0.05) is 30.9 Å². The smallest absolute Gasteiger partial charge is 0.105 e. The second-order valence-electron chi connectivity index (χ2n) is 12.1. The van der Waals surface area contributed by atoms with Crippen molar-refractivity contribution in [2.75, 3.05) is 0 Å². The molecular weight excluding hydrogens is 562 g/mol. The van der Waals surface area contributed by atoms with E-state index in [2.05, 4.69) is 160 Å². The number of hydrogen-bond donors (Lipinski definition) is 0. The van der Waals surface area contributed by atoms with Gasteiger partial charge in [0.25, 0.3) is 0 Å². The van der Waals surface area contributed by atoms with Crippen LogP contribution in [0.3, 0.4) is 0 Å². The predicted molar refractivity (Wildman–Crippen MR) is 200 cm³/mol. The predicted octanol–water partition coefficient (Wildman–Crippen LogP) is 9.30. The highest BCUT2D eigenvalue weighted by Gasteiger charge is 2.23. The Morgan fingerprint density at radius 2 is 1.24 bits per heavy atom. The molecule has 0 aliphatic rings. The van der Waals surface area contributed by atoms with E-state index in [9.17, 15) is 0 Å². The number of fused-ring (bicyclic) bond motifs is 6. The molecule has 0 saturated carbocycles.